The molecule has 0 saturated heterocycles. The Morgan fingerprint density at radius 1 is 1.64 bits per heavy atom. The molecule has 1 aromatic heterocycles. The van der Waals surface area contributed by atoms with Gasteiger partial charge in [-0.3, -0.25) is 5.32 Å². The Kier molecular flexibility index (Phi) is 2.28. The molecule has 0 bridgehead atoms. The molecule has 2 amide bonds. The third-order valence-corrected chi connectivity index (χ3v) is 2.04. The monoisotopic (exact) mass is 193 g/mol. The van der Waals surface area contributed by atoms with Crippen molar-refractivity contribution < 1.29 is 4.79 Å². The lowest BCUT2D eigenvalue weighted by Gasteiger charge is -2.15. The molecule has 0 saturated carbocycles. The Hall–Kier alpha value is -1.69. The van der Waals surface area contributed by atoms with Crippen molar-refractivity contribution in [2.24, 2.45) is 5.73 Å². The first-order chi connectivity index (χ1) is 6.75. The van der Waals surface area contributed by atoms with Gasteiger partial charge >= 0.3 is 6.03 Å². The van der Waals surface area contributed by atoms with Gasteiger partial charge in [-0.15, -0.1) is 0 Å². The summed E-state index contributed by atoms with van der Waals surface area (Å²) in [4.78, 5) is 18.7. The lowest BCUT2D eigenvalue weighted by atomic mass is 10.1. The number of anilines is 1. The Morgan fingerprint density at radius 2 is 2.50 bits per heavy atom. The van der Waals surface area contributed by atoms with Crippen LogP contribution in [-0.2, 0) is 13.0 Å². The van der Waals surface area contributed by atoms with Gasteiger partial charge < -0.3 is 11.1 Å². The van der Waals surface area contributed by atoms with E-state index in [-0.39, 0.29) is 5.95 Å². The van der Waals surface area contributed by atoms with E-state index < -0.39 is 6.03 Å². The summed E-state index contributed by atoms with van der Waals surface area (Å²) >= 11 is 0. The molecule has 1 aromatic rings. The number of hydrogen-bond donors (Lipinski definition) is 3. The van der Waals surface area contributed by atoms with Crippen molar-refractivity contribution in [3.63, 3.8) is 0 Å². The molecule has 14 heavy (non-hydrogen) atoms. The molecular weight excluding hydrogens is 182 g/mol. The van der Waals surface area contributed by atoms with Crippen LogP contribution >= 0.6 is 0 Å². The summed E-state index contributed by atoms with van der Waals surface area (Å²) in [5, 5.41) is 5.56. The highest BCUT2D eigenvalue weighted by Crippen LogP contribution is 2.11. The highest BCUT2D eigenvalue weighted by Gasteiger charge is 2.11. The molecule has 74 valence electrons. The number of carbonyl (C=O) groups is 1. The summed E-state index contributed by atoms with van der Waals surface area (Å²) in [5.41, 5.74) is 7.01. The van der Waals surface area contributed by atoms with Gasteiger partial charge in [-0.2, -0.15) is 0 Å². The average molecular weight is 193 g/mol. The molecule has 6 nitrogen and oxygen atoms in total. The summed E-state index contributed by atoms with van der Waals surface area (Å²) in [5.74, 6) is 0.276. The second-order valence-corrected chi connectivity index (χ2v) is 3.08. The van der Waals surface area contributed by atoms with Crippen LogP contribution in [0.4, 0.5) is 10.7 Å². The fraction of sp³-hybridized carbons (Fsp3) is 0.375. The largest absolute Gasteiger partial charge is 0.351 e. The van der Waals surface area contributed by atoms with Gasteiger partial charge in [0, 0.05) is 31.3 Å². The first kappa shape index (κ1) is 8.89. The standard InChI is InChI=1S/C8H11N5O/c9-7(14)13-8-11-4-5-3-10-2-1-6(5)12-8/h4,10H,1-3H2,(H3,9,11,12,13,14). The zero-order valence-corrected chi connectivity index (χ0v) is 7.58. The quantitative estimate of drug-likeness (QED) is 0.566. The molecule has 2 rings (SSSR count). The van der Waals surface area contributed by atoms with Crippen LogP contribution in [0.1, 0.15) is 11.3 Å². The van der Waals surface area contributed by atoms with Gasteiger partial charge in [0.1, 0.15) is 0 Å². The third-order valence-electron chi connectivity index (χ3n) is 2.04. The lowest BCUT2D eigenvalue weighted by Crippen LogP contribution is -2.26. The topological polar surface area (TPSA) is 92.9 Å². The van der Waals surface area contributed by atoms with Crippen LogP contribution in [0.15, 0.2) is 6.20 Å². The number of urea groups is 1. The number of primary amides is 1. The molecule has 0 aromatic carbocycles. The third kappa shape index (κ3) is 1.80. The molecule has 0 spiro atoms. The summed E-state index contributed by atoms with van der Waals surface area (Å²) < 4.78 is 0. The SMILES string of the molecule is NC(=O)Nc1ncc2c(n1)CCNC2. The van der Waals surface area contributed by atoms with E-state index in [1.165, 1.54) is 0 Å². The highest BCUT2D eigenvalue weighted by molar-refractivity contribution is 5.85. The molecule has 1 aliphatic heterocycles. The number of nitrogens with one attached hydrogen (secondary N) is 2. The smallest absolute Gasteiger partial charge is 0.319 e. The second-order valence-electron chi connectivity index (χ2n) is 3.08. The maximum atomic E-state index is 10.6. The van der Waals surface area contributed by atoms with Crippen LogP contribution in [-0.4, -0.2) is 22.5 Å². The molecular formula is C8H11N5O. The molecule has 0 aliphatic carbocycles. The Balaban J connectivity index is 2.24. The van der Waals surface area contributed by atoms with E-state index in [1.807, 2.05) is 0 Å². The van der Waals surface area contributed by atoms with Gasteiger partial charge in [-0.25, -0.2) is 14.8 Å². The maximum absolute atomic E-state index is 10.6. The van der Waals surface area contributed by atoms with E-state index >= 15 is 0 Å². The van der Waals surface area contributed by atoms with Gasteiger partial charge in [-0.05, 0) is 0 Å². The minimum Gasteiger partial charge on any atom is -0.351 e. The van der Waals surface area contributed by atoms with Gasteiger partial charge in [0.15, 0.2) is 0 Å². The van der Waals surface area contributed by atoms with E-state index in [0.717, 1.165) is 30.8 Å². The number of nitrogens with two attached hydrogens (primary N) is 1. The van der Waals surface area contributed by atoms with Gasteiger partial charge in [0.25, 0.3) is 0 Å². The Morgan fingerprint density at radius 3 is 3.29 bits per heavy atom. The van der Waals surface area contributed by atoms with E-state index in [0.29, 0.717) is 0 Å². The first-order valence-electron chi connectivity index (χ1n) is 4.37. The van der Waals surface area contributed by atoms with E-state index in [2.05, 4.69) is 20.6 Å². The van der Waals surface area contributed by atoms with E-state index in [9.17, 15) is 4.79 Å². The number of hydrogen-bond acceptors (Lipinski definition) is 4. The van der Waals surface area contributed by atoms with Crippen LogP contribution in [0.5, 0.6) is 0 Å². The minimum absolute atomic E-state index is 0.276. The van der Waals surface area contributed by atoms with E-state index in [4.69, 9.17) is 5.73 Å². The molecule has 0 radical (unpaired) electrons. The highest BCUT2D eigenvalue weighted by atomic mass is 16.2. The van der Waals surface area contributed by atoms with Crippen LogP contribution in [0.2, 0.25) is 0 Å². The van der Waals surface area contributed by atoms with Crippen molar-refractivity contribution in [1.82, 2.24) is 15.3 Å². The summed E-state index contributed by atoms with van der Waals surface area (Å²) in [7, 11) is 0. The average Bonchev–Trinajstić information content (AvgIpc) is 2.17. The molecule has 6 heteroatoms. The molecule has 0 fully saturated rings. The lowest BCUT2D eigenvalue weighted by molar-refractivity contribution is 0.259. The van der Waals surface area contributed by atoms with Crippen LogP contribution < -0.4 is 16.4 Å². The fourth-order valence-electron chi connectivity index (χ4n) is 1.41. The predicted octanol–water partition coefficient (Wildman–Crippen LogP) is -0.387. The molecule has 2 heterocycles. The van der Waals surface area contributed by atoms with Crippen LogP contribution in [0, 0.1) is 0 Å². The number of amides is 2. The Bertz CT molecular complexity index is 365. The van der Waals surface area contributed by atoms with Crippen molar-refractivity contribution >= 4 is 12.0 Å². The summed E-state index contributed by atoms with van der Waals surface area (Å²) in [6, 6.07) is -0.640. The summed E-state index contributed by atoms with van der Waals surface area (Å²) in [6.07, 6.45) is 2.56. The van der Waals surface area contributed by atoms with Crippen molar-refractivity contribution in [3.8, 4) is 0 Å². The van der Waals surface area contributed by atoms with Crippen molar-refractivity contribution in [3.05, 3.63) is 17.5 Å². The van der Waals surface area contributed by atoms with Gasteiger partial charge in [0.05, 0.1) is 5.69 Å². The number of carbonyl (C=O) groups excluding carboxylic acids is 1. The number of rotatable bonds is 1. The van der Waals surface area contributed by atoms with Crippen LogP contribution in [0.25, 0.3) is 0 Å². The number of fused-ring (bicyclic) bond motifs is 1. The fourth-order valence-corrected chi connectivity index (χ4v) is 1.41. The molecule has 1 aliphatic rings. The van der Waals surface area contributed by atoms with Gasteiger partial charge in [0.2, 0.25) is 5.95 Å². The zero-order valence-electron chi connectivity index (χ0n) is 7.58. The summed E-state index contributed by atoms with van der Waals surface area (Å²) in [6.45, 7) is 1.69. The van der Waals surface area contributed by atoms with E-state index in [1.54, 1.807) is 6.20 Å². The molecule has 0 atom stereocenters. The van der Waals surface area contributed by atoms with Gasteiger partial charge in [-0.1, -0.05) is 0 Å². The van der Waals surface area contributed by atoms with Crippen molar-refractivity contribution in [1.29, 1.82) is 0 Å². The second kappa shape index (κ2) is 3.59. The predicted molar refractivity (Wildman–Crippen MR) is 50.6 cm³/mol. The minimum atomic E-state index is -0.640. The van der Waals surface area contributed by atoms with Crippen molar-refractivity contribution in [2.45, 2.75) is 13.0 Å². The number of aromatic nitrogens is 2. The normalized spacial score (nSPS) is 14.6. The molecule has 4 N–H and O–H groups in total. The Labute approximate surface area is 80.9 Å². The zero-order chi connectivity index (χ0) is 9.97. The van der Waals surface area contributed by atoms with Crippen molar-refractivity contribution in [2.75, 3.05) is 11.9 Å². The van der Waals surface area contributed by atoms with Crippen LogP contribution in [0.3, 0.4) is 0 Å². The maximum Gasteiger partial charge on any atom is 0.319 e. The number of nitrogens with zero attached hydrogens (tertiary/aromatic N) is 2. The molecule has 0 unspecified atom stereocenters. The first-order valence-corrected chi connectivity index (χ1v) is 4.37.